The van der Waals surface area contributed by atoms with Crippen molar-refractivity contribution in [3.8, 4) is 0 Å². The fourth-order valence-electron chi connectivity index (χ4n) is 3.28. The van der Waals surface area contributed by atoms with Crippen LogP contribution in [0.1, 0.15) is 20.8 Å². The van der Waals surface area contributed by atoms with Crippen LogP contribution in [-0.2, 0) is 9.53 Å². The van der Waals surface area contributed by atoms with Crippen LogP contribution in [0.15, 0.2) is 22.2 Å². The zero-order chi connectivity index (χ0) is 19.0. The first-order valence-electron chi connectivity index (χ1n) is 8.68. The monoisotopic (exact) mass is 361 g/mol. The molecule has 0 saturated carbocycles. The molecule has 3 aliphatic heterocycles. The van der Waals surface area contributed by atoms with Crippen molar-refractivity contribution in [2.75, 3.05) is 33.9 Å². The Labute approximate surface area is 152 Å². The Bertz CT molecular complexity index is 754. The van der Waals surface area contributed by atoms with Crippen LogP contribution in [0, 0.1) is 0 Å². The van der Waals surface area contributed by atoms with Crippen molar-refractivity contribution in [3.63, 3.8) is 0 Å². The number of aliphatic imine (C=N–C) groups is 1. The molecule has 0 aromatic carbocycles. The van der Waals surface area contributed by atoms with Gasteiger partial charge < -0.3 is 4.74 Å². The van der Waals surface area contributed by atoms with Crippen molar-refractivity contribution in [2.45, 2.75) is 32.9 Å². The number of fused-ring (bicyclic) bond motifs is 2. The molecule has 0 aromatic heterocycles. The van der Waals surface area contributed by atoms with Gasteiger partial charge in [-0.2, -0.15) is 0 Å². The minimum atomic E-state index is -0.622. The number of hydrogen-bond acceptors (Lipinski definition) is 6. The van der Waals surface area contributed by atoms with E-state index in [1.54, 1.807) is 25.2 Å². The highest BCUT2D eigenvalue weighted by molar-refractivity contribution is 6.23. The van der Waals surface area contributed by atoms with Crippen molar-refractivity contribution >= 4 is 29.4 Å². The minimum Gasteiger partial charge on any atom is -0.381 e. The molecule has 3 rings (SSSR count). The number of hydrazone groups is 1. The Hall–Kier alpha value is -2.55. The summed E-state index contributed by atoms with van der Waals surface area (Å²) in [4.78, 5) is 33.1. The lowest BCUT2D eigenvalue weighted by Crippen LogP contribution is -2.64. The van der Waals surface area contributed by atoms with E-state index < -0.39 is 6.04 Å². The topological polar surface area (TPSA) is 80.8 Å². The van der Waals surface area contributed by atoms with E-state index in [9.17, 15) is 9.59 Å². The van der Waals surface area contributed by atoms with Gasteiger partial charge in [-0.3, -0.25) is 14.6 Å². The summed E-state index contributed by atoms with van der Waals surface area (Å²) >= 11 is 0. The van der Waals surface area contributed by atoms with Crippen LogP contribution in [0.2, 0.25) is 0 Å². The van der Waals surface area contributed by atoms with Crippen LogP contribution in [0.25, 0.3) is 0 Å². The number of guanidine groups is 1. The Morgan fingerprint density at radius 1 is 1.35 bits per heavy atom. The van der Waals surface area contributed by atoms with E-state index in [-0.39, 0.29) is 24.5 Å². The SMILES string of the molecule is C/C=C/CN1C(=O)C2C(=NC3=[N+]2C(C)C(C)=NN3CCOC)N(C)C1=O. The van der Waals surface area contributed by atoms with Gasteiger partial charge in [0.25, 0.3) is 5.91 Å². The van der Waals surface area contributed by atoms with Crippen molar-refractivity contribution in [3.05, 3.63) is 12.2 Å². The highest BCUT2D eigenvalue weighted by Crippen LogP contribution is 2.25. The van der Waals surface area contributed by atoms with E-state index in [0.29, 0.717) is 24.9 Å². The number of rotatable bonds is 5. The summed E-state index contributed by atoms with van der Waals surface area (Å²) in [7, 11) is 3.28. The molecular weight excluding hydrogens is 336 g/mol. The first-order valence-corrected chi connectivity index (χ1v) is 8.68. The second kappa shape index (κ2) is 6.99. The standard InChI is InChI=1S/C17H25N6O3/c1-6-7-8-21-15(24)13-14(20(4)17(21)25)18-16-22(9-10-26-5)19-11(2)12(3)23(13)16/h6-7,12-13H,8-10H2,1-5H3/q+1/b7-6+. The summed E-state index contributed by atoms with van der Waals surface area (Å²) < 4.78 is 7.10. The molecule has 9 heteroatoms. The summed E-state index contributed by atoms with van der Waals surface area (Å²) in [6.45, 7) is 7.03. The van der Waals surface area contributed by atoms with Gasteiger partial charge in [0.15, 0.2) is 0 Å². The molecule has 2 unspecified atom stereocenters. The normalized spacial score (nSPS) is 25.8. The number of nitrogens with zero attached hydrogens (tertiary/aromatic N) is 6. The fourth-order valence-corrected chi connectivity index (χ4v) is 3.28. The molecule has 0 spiro atoms. The number of amidine groups is 1. The van der Waals surface area contributed by atoms with Gasteiger partial charge in [0.05, 0.1) is 12.3 Å². The van der Waals surface area contributed by atoms with Gasteiger partial charge in [0, 0.05) is 20.7 Å². The average molecular weight is 361 g/mol. The van der Waals surface area contributed by atoms with E-state index in [0.717, 1.165) is 5.71 Å². The van der Waals surface area contributed by atoms with Gasteiger partial charge >= 0.3 is 12.0 Å². The maximum absolute atomic E-state index is 13.1. The van der Waals surface area contributed by atoms with E-state index in [4.69, 9.17) is 4.74 Å². The molecule has 3 aliphatic rings. The molecule has 0 radical (unpaired) electrons. The molecule has 1 fully saturated rings. The molecule has 26 heavy (non-hydrogen) atoms. The van der Waals surface area contributed by atoms with Crippen LogP contribution < -0.4 is 0 Å². The molecule has 0 aromatic rings. The quantitative estimate of drug-likeness (QED) is 0.522. The molecule has 3 amide bonds. The largest absolute Gasteiger partial charge is 0.417 e. The second-order valence-electron chi connectivity index (χ2n) is 6.47. The number of carbonyl (C=O) groups is 2. The predicted octanol–water partition coefficient (Wildman–Crippen LogP) is 0.332. The van der Waals surface area contributed by atoms with Crippen LogP contribution in [0.4, 0.5) is 4.79 Å². The molecule has 0 aliphatic carbocycles. The summed E-state index contributed by atoms with van der Waals surface area (Å²) in [6, 6.07) is -1.08. The molecule has 0 bridgehead atoms. The molecular formula is C17H25N6O3+. The lowest BCUT2D eigenvalue weighted by Gasteiger charge is -2.35. The van der Waals surface area contributed by atoms with Gasteiger partial charge in [0.2, 0.25) is 11.9 Å². The summed E-state index contributed by atoms with van der Waals surface area (Å²) in [5.74, 6) is 0.778. The fraction of sp³-hybridized carbons (Fsp3) is 0.588. The predicted molar refractivity (Wildman–Crippen MR) is 97.3 cm³/mol. The lowest BCUT2D eigenvalue weighted by molar-refractivity contribution is -0.559. The molecule has 9 nitrogen and oxygen atoms in total. The van der Waals surface area contributed by atoms with E-state index in [2.05, 4.69) is 10.1 Å². The van der Waals surface area contributed by atoms with Gasteiger partial charge in [-0.05, 0) is 20.8 Å². The van der Waals surface area contributed by atoms with E-state index >= 15 is 0 Å². The van der Waals surface area contributed by atoms with Crippen LogP contribution >= 0.6 is 0 Å². The molecule has 3 heterocycles. The number of hydrogen-bond donors (Lipinski definition) is 0. The molecule has 0 N–H and O–H groups in total. The van der Waals surface area contributed by atoms with Crippen molar-refractivity contribution in [1.29, 1.82) is 0 Å². The summed E-state index contributed by atoms with van der Waals surface area (Å²) in [6.07, 6.45) is 3.62. The number of likely N-dealkylation sites (N-methyl/N-ethyl adjacent to an activating group) is 1. The van der Waals surface area contributed by atoms with E-state index in [1.165, 1.54) is 9.80 Å². The minimum absolute atomic E-state index is 0.0934. The van der Waals surface area contributed by atoms with Gasteiger partial charge in [-0.25, -0.2) is 9.37 Å². The Kier molecular flexibility index (Phi) is 4.90. The first kappa shape index (κ1) is 18.2. The third kappa shape index (κ3) is 2.72. The second-order valence-corrected chi connectivity index (χ2v) is 6.47. The highest BCUT2D eigenvalue weighted by atomic mass is 16.5. The third-order valence-electron chi connectivity index (χ3n) is 4.89. The number of allylic oxidation sites excluding steroid dienone is 1. The van der Waals surface area contributed by atoms with Crippen molar-refractivity contribution < 1.29 is 18.9 Å². The lowest BCUT2D eigenvalue weighted by atomic mass is 10.1. The Morgan fingerprint density at radius 2 is 2.08 bits per heavy atom. The molecule has 1 saturated heterocycles. The third-order valence-corrected chi connectivity index (χ3v) is 4.89. The van der Waals surface area contributed by atoms with Gasteiger partial charge in [0.1, 0.15) is 12.6 Å². The number of ether oxygens (including phenoxy) is 1. The number of imide groups is 1. The highest BCUT2D eigenvalue weighted by Gasteiger charge is 2.55. The summed E-state index contributed by atoms with van der Waals surface area (Å²) in [5, 5.41) is 6.33. The van der Waals surface area contributed by atoms with Crippen LogP contribution in [0.3, 0.4) is 0 Å². The van der Waals surface area contributed by atoms with Crippen LogP contribution in [0.5, 0.6) is 0 Å². The van der Waals surface area contributed by atoms with Crippen LogP contribution in [-0.4, -0.2) is 94.8 Å². The van der Waals surface area contributed by atoms with Crippen molar-refractivity contribution in [2.24, 2.45) is 10.1 Å². The molecule has 2 atom stereocenters. The number of methoxy groups -OCH3 is 1. The smallest absolute Gasteiger partial charge is 0.381 e. The Morgan fingerprint density at radius 3 is 2.73 bits per heavy atom. The summed E-state index contributed by atoms with van der Waals surface area (Å²) in [5.41, 5.74) is 0.883. The number of urea groups is 1. The van der Waals surface area contributed by atoms with Crippen molar-refractivity contribution in [1.82, 2.24) is 14.8 Å². The van der Waals surface area contributed by atoms with E-state index in [1.807, 2.05) is 31.4 Å². The number of carbonyl (C=O) groups excluding carboxylic acids is 2. The van der Waals surface area contributed by atoms with Gasteiger partial charge in [-0.1, -0.05) is 17.1 Å². The maximum atomic E-state index is 13.1. The van der Waals surface area contributed by atoms with Gasteiger partial charge in [-0.15, -0.1) is 10.1 Å². The zero-order valence-electron chi connectivity index (χ0n) is 15.8. The first-order chi connectivity index (χ1) is 12.4. The average Bonchev–Trinajstić information content (AvgIpc) is 3.03. The zero-order valence-corrected chi connectivity index (χ0v) is 15.8. The maximum Gasteiger partial charge on any atom is 0.417 e. The number of amides is 3. The molecule has 140 valence electrons. The Balaban J connectivity index is 2.02.